The van der Waals surface area contributed by atoms with Gasteiger partial charge >= 0.3 is 6.09 Å². The van der Waals surface area contributed by atoms with Crippen molar-refractivity contribution in [3.63, 3.8) is 0 Å². The second kappa shape index (κ2) is 12.3. The highest BCUT2D eigenvalue weighted by atomic mass is 32.1. The molecule has 1 spiro atoms. The number of carbonyl (C=O) groups excluding carboxylic acids is 1. The Morgan fingerprint density at radius 2 is 1.72 bits per heavy atom. The molecule has 0 bridgehead atoms. The molecule has 0 radical (unpaired) electrons. The molecule has 1 N–H and O–H groups in total. The molecule has 2 saturated heterocycles. The lowest BCUT2D eigenvalue weighted by atomic mass is 9.71. The van der Waals surface area contributed by atoms with Gasteiger partial charge in [0.15, 0.2) is 0 Å². The van der Waals surface area contributed by atoms with Crippen LogP contribution in [0.5, 0.6) is 0 Å². The van der Waals surface area contributed by atoms with Gasteiger partial charge in [0.1, 0.15) is 11.4 Å². The fourth-order valence-electron chi connectivity index (χ4n) is 6.84. The van der Waals surface area contributed by atoms with E-state index >= 15 is 4.39 Å². The van der Waals surface area contributed by atoms with Crippen LogP contribution in [0.1, 0.15) is 52.0 Å². The number of anilines is 2. The minimum Gasteiger partial charge on any atom is -0.444 e. The number of piperidine rings is 2. The molecule has 0 unspecified atom stereocenters. The summed E-state index contributed by atoms with van der Waals surface area (Å²) in [5.74, 6) is -0.216. The number of rotatable bonds is 5. The van der Waals surface area contributed by atoms with Crippen LogP contribution in [0.15, 0.2) is 72.4 Å². The van der Waals surface area contributed by atoms with Gasteiger partial charge in [-0.05, 0) is 119 Å². The van der Waals surface area contributed by atoms with E-state index in [0.717, 1.165) is 102 Å². The third-order valence-corrected chi connectivity index (χ3v) is 10.3. The van der Waals surface area contributed by atoms with Crippen molar-refractivity contribution in [3.8, 4) is 11.1 Å². The number of fused-ring (bicyclic) bond motifs is 2. The van der Waals surface area contributed by atoms with E-state index in [9.17, 15) is 4.79 Å². The fraction of sp³-hybridized carbons (Fsp3) is 0.378. The van der Waals surface area contributed by atoms with Crippen molar-refractivity contribution < 1.29 is 13.9 Å². The van der Waals surface area contributed by atoms with Crippen LogP contribution < -0.4 is 5.32 Å². The zero-order chi connectivity index (χ0) is 31.9. The molecule has 2 aromatic heterocycles. The largest absolute Gasteiger partial charge is 0.444 e. The molecule has 2 aliphatic heterocycles. The molecule has 2 fully saturated rings. The van der Waals surface area contributed by atoms with Crippen molar-refractivity contribution in [2.75, 3.05) is 31.5 Å². The molecule has 0 saturated carbocycles. The quantitative estimate of drug-likeness (QED) is 0.207. The summed E-state index contributed by atoms with van der Waals surface area (Å²) in [5.41, 5.74) is 7.72. The third-order valence-electron chi connectivity index (χ3n) is 9.49. The number of nitrogens with zero attached hydrogens (tertiary/aromatic N) is 4. The van der Waals surface area contributed by atoms with Crippen LogP contribution in [0.25, 0.3) is 32.2 Å². The van der Waals surface area contributed by atoms with Crippen LogP contribution in [0.2, 0.25) is 0 Å². The number of aromatic nitrogens is 2. The number of halogens is 1. The van der Waals surface area contributed by atoms with E-state index in [0.29, 0.717) is 5.56 Å². The second-order valence-electron chi connectivity index (χ2n) is 13.8. The molecule has 2 aliphatic rings. The predicted octanol–water partition coefficient (Wildman–Crippen LogP) is 9.01. The number of hydrogen-bond acceptors (Lipinski definition) is 7. The first kappa shape index (κ1) is 30.6. The van der Waals surface area contributed by atoms with E-state index in [1.807, 2.05) is 73.6 Å². The van der Waals surface area contributed by atoms with Gasteiger partial charge < -0.3 is 15.0 Å². The number of carbonyl (C=O) groups is 1. The molecule has 7 rings (SSSR count). The average molecular weight is 638 g/mol. The van der Waals surface area contributed by atoms with E-state index in [1.54, 1.807) is 23.6 Å². The molecular weight excluding hydrogens is 598 g/mol. The Labute approximate surface area is 273 Å². The van der Waals surface area contributed by atoms with E-state index in [4.69, 9.17) is 4.74 Å². The zero-order valence-electron chi connectivity index (χ0n) is 26.7. The first-order chi connectivity index (χ1) is 22.1. The van der Waals surface area contributed by atoms with Gasteiger partial charge in [0, 0.05) is 48.2 Å². The fourth-order valence-corrected chi connectivity index (χ4v) is 7.50. The Bertz CT molecular complexity index is 1880. The van der Waals surface area contributed by atoms with E-state index in [2.05, 4.69) is 32.3 Å². The molecule has 3 aromatic carbocycles. The summed E-state index contributed by atoms with van der Waals surface area (Å²) in [7, 11) is 0. The summed E-state index contributed by atoms with van der Waals surface area (Å²) in [6.45, 7) is 9.94. The molecule has 46 heavy (non-hydrogen) atoms. The molecule has 0 atom stereocenters. The van der Waals surface area contributed by atoms with Crippen molar-refractivity contribution in [1.29, 1.82) is 0 Å². The minimum atomic E-state index is -0.471. The maximum atomic E-state index is 15.6. The number of ether oxygens (including phenoxy) is 1. The van der Waals surface area contributed by atoms with Gasteiger partial charge in [0.25, 0.3) is 0 Å². The molecule has 7 nitrogen and oxygen atoms in total. The number of likely N-dealkylation sites (tertiary alicyclic amines) is 2. The average Bonchev–Trinajstić information content (AvgIpc) is 3.50. The predicted molar refractivity (Wildman–Crippen MR) is 184 cm³/mol. The Kier molecular flexibility index (Phi) is 8.15. The Hall–Kier alpha value is -4.08. The molecule has 9 heteroatoms. The lowest BCUT2D eigenvalue weighted by Crippen LogP contribution is -2.49. The lowest BCUT2D eigenvalue weighted by molar-refractivity contribution is -0.00313. The summed E-state index contributed by atoms with van der Waals surface area (Å²) in [5, 5.41) is 4.45. The number of thiazole rings is 1. The van der Waals surface area contributed by atoms with Crippen molar-refractivity contribution in [1.82, 2.24) is 19.8 Å². The molecule has 0 aliphatic carbocycles. The first-order valence-electron chi connectivity index (χ1n) is 16.1. The highest BCUT2D eigenvalue weighted by Gasteiger charge is 2.39. The Morgan fingerprint density at radius 3 is 2.48 bits per heavy atom. The molecule has 238 valence electrons. The highest BCUT2D eigenvalue weighted by molar-refractivity contribution is 7.16. The van der Waals surface area contributed by atoms with Crippen LogP contribution in [-0.2, 0) is 11.3 Å². The van der Waals surface area contributed by atoms with Crippen LogP contribution >= 0.6 is 11.3 Å². The van der Waals surface area contributed by atoms with Crippen molar-refractivity contribution in [3.05, 3.63) is 83.8 Å². The normalized spacial score (nSPS) is 17.1. The number of hydrogen-bond donors (Lipinski definition) is 1. The van der Waals surface area contributed by atoms with Gasteiger partial charge in [-0.15, -0.1) is 11.3 Å². The number of amides is 1. The van der Waals surface area contributed by atoms with Crippen molar-refractivity contribution in [2.24, 2.45) is 5.41 Å². The molecule has 1 amide bonds. The summed E-state index contributed by atoms with van der Waals surface area (Å²) in [6, 6.07) is 19.7. The lowest BCUT2D eigenvalue weighted by Gasteiger charge is -2.46. The zero-order valence-corrected chi connectivity index (χ0v) is 27.5. The van der Waals surface area contributed by atoms with Crippen molar-refractivity contribution in [2.45, 2.75) is 58.6 Å². The topological polar surface area (TPSA) is 70.6 Å². The Balaban J connectivity index is 0.996. The molecule has 4 heterocycles. The maximum Gasteiger partial charge on any atom is 0.410 e. The van der Waals surface area contributed by atoms with Crippen LogP contribution in [-0.4, -0.2) is 57.6 Å². The SMILES string of the molecule is CC(C)(C)OC(=O)N1CCC2(CCN(Cc3ccc(-c4ccc5nccc(Nc6ccc7scnc7c6)c5c4)c(F)c3)CC2)CC1. The van der Waals surface area contributed by atoms with Gasteiger partial charge in [-0.3, -0.25) is 9.88 Å². The van der Waals surface area contributed by atoms with E-state index < -0.39 is 5.60 Å². The van der Waals surface area contributed by atoms with Crippen LogP contribution in [0.3, 0.4) is 0 Å². The van der Waals surface area contributed by atoms with Crippen LogP contribution in [0.4, 0.5) is 20.6 Å². The summed E-state index contributed by atoms with van der Waals surface area (Å²) in [4.78, 5) is 25.8. The van der Waals surface area contributed by atoms with Gasteiger partial charge in [0.05, 0.1) is 21.2 Å². The third kappa shape index (κ3) is 6.57. The van der Waals surface area contributed by atoms with Gasteiger partial charge in [-0.2, -0.15) is 0 Å². The van der Waals surface area contributed by atoms with Crippen LogP contribution in [0, 0.1) is 11.2 Å². The first-order valence-corrected chi connectivity index (χ1v) is 17.0. The standard InChI is InChI=1S/C37H40FN5O2S/c1-36(2,3)45-35(44)43-18-13-37(14-19-43)11-16-42(17-12-37)23-25-4-7-28(30(38)20-25)26-5-8-31-29(21-26)32(10-15-39-31)41-27-6-9-34-33(22-27)40-24-46-34/h4-10,15,20-22,24H,11-14,16-19,23H2,1-3H3,(H,39,41). The number of benzene rings is 3. The van der Waals surface area contributed by atoms with E-state index in [1.165, 1.54) is 0 Å². The molecule has 5 aromatic rings. The highest BCUT2D eigenvalue weighted by Crippen LogP contribution is 2.42. The Morgan fingerprint density at radius 1 is 0.935 bits per heavy atom. The summed E-state index contributed by atoms with van der Waals surface area (Å²) >= 11 is 1.62. The second-order valence-corrected chi connectivity index (χ2v) is 14.7. The minimum absolute atomic E-state index is 0.201. The number of nitrogens with one attached hydrogen (secondary N) is 1. The monoisotopic (exact) mass is 637 g/mol. The van der Waals surface area contributed by atoms with Crippen molar-refractivity contribution >= 4 is 49.9 Å². The van der Waals surface area contributed by atoms with Gasteiger partial charge in [-0.1, -0.05) is 18.2 Å². The summed E-state index contributed by atoms with van der Waals surface area (Å²) < 4.78 is 22.4. The van der Waals surface area contributed by atoms with Gasteiger partial charge in [-0.25, -0.2) is 14.2 Å². The summed E-state index contributed by atoms with van der Waals surface area (Å²) in [6.07, 6.45) is 5.83. The van der Waals surface area contributed by atoms with Gasteiger partial charge in [0.2, 0.25) is 0 Å². The smallest absolute Gasteiger partial charge is 0.410 e. The molecular formula is C37H40FN5O2S. The van der Waals surface area contributed by atoms with E-state index in [-0.39, 0.29) is 17.3 Å². The maximum absolute atomic E-state index is 15.6. The number of pyridine rings is 1.